The van der Waals surface area contributed by atoms with Crippen LogP contribution >= 0.6 is 11.8 Å². The van der Waals surface area contributed by atoms with Crippen LogP contribution in [0.2, 0.25) is 0 Å². The van der Waals surface area contributed by atoms with Gasteiger partial charge in [0, 0.05) is 4.90 Å². The molecule has 0 saturated heterocycles. The van der Waals surface area contributed by atoms with Crippen LogP contribution in [0.15, 0.2) is 65.6 Å². The number of aliphatic hydroxyl groups is 1. The van der Waals surface area contributed by atoms with Crippen LogP contribution < -0.4 is 0 Å². The molecule has 0 unspecified atom stereocenters. The standard InChI is InChI=1S/C20H24OS/c1-19(2,21)20(22-18-11-7-4-8-12-18)15-17(20)14-13-16-9-5-3-6-10-16/h3-12,17,21H,13-15H2,1-2H3/t17-,20+/m0/s1. The maximum Gasteiger partial charge on any atom is 0.0744 e. The Morgan fingerprint density at radius 1 is 1.05 bits per heavy atom. The molecule has 2 atom stereocenters. The molecule has 0 heterocycles. The lowest BCUT2D eigenvalue weighted by atomic mass is 9.98. The Balaban J connectivity index is 1.68. The molecule has 1 saturated carbocycles. The summed E-state index contributed by atoms with van der Waals surface area (Å²) in [5, 5.41) is 10.7. The molecular weight excluding hydrogens is 288 g/mol. The molecule has 0 aliphatic heterocycles. The van der Waals surface area contributed by atoms with Crippen LogP contribution in [0.25, 0.3) is 0 Å². The summed E-state index contributed by atoms with van der Waals surface area (Å²) in [6, 6.07) is 21.1. The number of benzene rings is 2. The molecule has 0 amide bonds. The van der Waals surface area contributed by atoms with Gasteiger partial charge in [-0.25, -0.2) is 0 Å². The molecule has 1 fully saturated rings. The van der Waals surface area contributed by atoms with Crippen LogP contribution in [-0.2, 0) is 6.42 Å². The molecular formula is C20H24OS. The van der Waals surface area contributed by atoms with E-state index in [-0.39, 0.29) is 4.75 Å². The van der Waals surface area contributed by atoms with Gasteiger partial charge in [0.05, 0.1) is 10.3 Å². The molecule has 1 N–H and O–H groups in total. The topological polar surface area (TPSA) is 20.2 Å². The Morgan fingerprint density at radius 2 is 1.64 bits per heavy atom. The van der Waals surface area contributed by atoms with E-state index >= 15 is 0 Å². The number of aryl methyl sites for hydroxylation is 1. The molecule has 2 aromatic carbocycles. The van der Waals surface area contributed by atoms with Crippen molar-refractivity contribution < 1.29 is 5.11 Å². The summed E-state index contributed by atoms with van der Waals surface area (Å²) in [5.74, 6) is 0.581. The molecule has 3 rings (SSSR count). The zero-order valence-electron chi connectivity index (χ0n) is 13.3. The lowest BCUT2D eigenvalue weighted by molar-refractivity contribution is 0.0645. The van der Waals surface area contributed by atoms with Gasteiger partial charge in [-0.2, -0.15) is 0 Å². The second-order valence-corrected chi connectivity index (χ2v) is 8.19. The first-order chi connectivity index (χ1) is 10.5. The van der Waals surface area contributed by atoms with Gasteiger partial charge in [0.15, 0.2) is 0 Å². The highest BCUT2D eigenvalue weighted by atomic mass is 32.2. The molecule has 0 radical (unpaired) electrons. The van der Waals surface area contributed by atoms with E-state index in [2.05, 4.69) is 54.6 Å². The van der Waals surface area contributed by atoms with E-state index < -0.39 is 5.60 Å². The zero-order valence-corrected chi connectivity index (χ0v) is 14.1. The van der Waals surface area contributed by atoms with Crippen LogP contribution in [0.1, 0.15) is 32.3 Å². The fourth-order valence-electron chi connectivity index (χ4n) is 3.33. The van der Waals surface area contributed by atoms with E-state index in [4.69, 9.17) is 0 Å². The van der Waals surface area contributed by atoms with Gasteiger partial charge in [-0.05, 0) is 56.7 Å². The first-order valence-electron chi connectivity index (χ1n) is 8.02. The quantitative estimate of drug-likeness (QED) is 0.815. The highest BCUT2D eigenvalue weighted by molar-refractivity contribution is 8.01. The average molecular weight is 312 g/mol. The minimum Gasteiger partial charge on any atom is -0.389 e. The number of hydrogen-bond acceptors (Lipinski definition) is 2. The third-order valence-corrected chi connectivity index (χ3v) is 6.62. The van der Waals surface area contributed by atoms with Gasteiger partial charge in [0.1, 0.15) is 0 Å². The molecule has 0 bridgehead atoms. The molecule has 116 valence electrons. The molecule has 1 aliphatic rings. The highest BCUT2D eigenvalue weighted by Gasteiger charge is 2.62. The zero-order chi connectivity index (χ0) is 15.6. The Bertz CT molecular complexity index is 603. The normalized spacial score (nSPS) is 24.2. The maximum absolute atomic E-state index is 10.7. The van der Waals surface area contributed by atoms with Gasteiger partial charge < -0.3 is 5.11 Å². The Hall–Kier alpha value is -1.25. The summed E-state index contributed by atoms with van der Waals surface area (Å²) in [6.07, 6.45) is 3.34. The third kappa shape index (κ3) is 3.23. The van der Waals surface area contributed by atoms with E-state index in [0.29, 0.717) is 5.92 Å². The van der Waals surface area contributed by atoms with Gasteiger partial charge in [0.25, 0.3) is 0 Å². The van der Waals surface area contributed by atoms with Crippen molar-refractivity contribution in [3.05, 3.63) is 66.2 Å². The summed E-state index contributed by atoms with van der Waals surface area (Å²) in [5.41, 5.74) is 0.734. The fraction of sp³-hybridized carbons (Fsp3) is 0.400. The van der Waals surface area contributed by atoms with Crippen molar-refractivity contribution in [3.63, 3.8) is 0 Å². The van der Waals surface area contributed by atoms with Crippen LogP contribution in [0.3, 0.4) is 0 Å². The van der Waals surface area contributed by atoms with Crippen molar-refractivity contribution in [2.45, 2.75) is 48.4 Å². The van der Waals surface area contributed by atoms with Crippen molar-refractivity contribution >= 4 is 11.8 Å². The van der Waals surface area contributed by atoms with Crippen molar-refractivity contribution in [1.82, 2.24) is 0 Å². The predicted molar refractivity (Wildman–Crippen MR) is 94.2 cm³/mol. The van der Waals surface area contributed by atoms with Gasteiger partial charge in [-0.1, -0.05) is 48.5 Å². The van der Waals surface area contributed by atoms with Crippen LogP contribution in [0, 0.1) is 5.92 Å². The van der Waals surface area contributed by atoms with Crippen LogP contribution in [0.4, 0.5) is 0 Å². The van der Waals surface area contributed by atoms with Crippen molar-refractivity contribution in [1.29, 1.82) is 0 Å². The van der Waals surface area contributed by atoms with Crippen LogP contribution in [-0.4, -0.2) is 15.5 Å². The summed E-state index contributed by atoms with van der Waals surface area (Å²) in [7, 11) is 0. The lowest BCUT2D eigenvalue weighted by Crippen LogP contribution is -2.37. The Labute approximate surface area is 137 Å². The molecule has 2 heteroatoms. The summed E-state index contributed by atoms with van der Waals surface area (Å²) < 4.78 is -0.0386. The smallest absolute Gasteiger partial charge is 0.0744 e. The van der Waals surface area contributed by atoms with Crippen LogP contribution in [0.5, 0.6) is 0 Å². The van der Waals surface area contributed by atoms with Crippen molar-refractivity contribution in [2.75, 3.05) is 0 Å². The monoisotopic (exact) mass is 312 g/mol. The first kappa shape index (κ1) is 15.6. The number of rotatable bonds is 6. The number of thioether (sulfide) groups is 1. The summed E-state index contributed by atoms with van der Waals surface area (Å²) >= 11 is 1.86. The first-order valence-corrected chi connectivity index (χ1v) is 8.83. The molecule has 0 spiro atoms. The van der Waals surface area contributed by atoms with E-state index in [1.165, 1.54) is 10.5 Å². The average Bonchev–Trinajstić information content (AvgIpc) is 3.22. The Kier molecular flexibility index (Phi) is 4.33. The lowest BCUT2D eigenvalue weighted by Gasteiger charge is -2.30. The fourth-order valence-corrected chi connectivity index (χ4v) is 4.86. The Morgan fingerprint density at radius 3 is 2.23 bits per heavy atom. The van der Waals surface area contributed by atoms with E-state index in [0.717, 1.165) is 19.3 Å². The molecule has 0 aromatic heterocycles. The maximum atomic E-state index is 10.7. The number of hydrogen-bond donors (Lipinski definition) is 1. The molecule has 2 aromatic rings. The van der Waals surface area contributed by atoms with E-state index in [1.807, 2.05) is 31.7 Å². The summed E-state index contributed by atoms with van der Waals surface area (Å²) in [4.78, 5) is 1.26. The minimum absolute atomic E-state index is 0.0386. The predicted octanol–water partition coefficient (Wildman–Crippen LogP) is 4.94. The second-order valence-electron chi connectivity index (χ2n) is 6.79. The largest absolute Gasteiger partial charge is 0.389 e. The van der Waals surface area contributed by atoms with E-state index in [9.17, 15) is 5.11 Å². The molecule has 22 heavy (non-hydrogen) atoms. The van der Waals surface area contributed by atoms with Gasteiger partial charge in [-0.3, -0.25) is 0 Å². The van der Waals surface area contributed by atoms with Crippen molar-refractivity contribution in [2.24, 2.45) is 5.92 Å². The molecule has 1 aliphatic carbocycles. The van der Waals surface area contributed by atoms with Crippen molar-refractivity contribution in [3.8, 4) is 0 Å². The SMILES string of the molecule is CC(C)(O)[C@@]1(Sc2ccccc2)C[C@@H]1CCc1ccccc1. The molecule has 1 nitrogen and oxygen atoms in total. The second kappa shape index (κ2) is 6.10. The third-order valence-electron chi connectivity index (χ3n) is 4.75. The van der Waals surface area contributed by atoms with Gasteiger partial charge in [0.2, 0.25) is 0 Å². The highest BCUT2D eigenvalue weighted by Crippen LogP contribution is 2.64. The van der Waals surface area contributed by atoms with E-state index in [1.54, 1.807) is 0 Å². The van der Waals surface area contributed by atoms with Gasteiger partial charge >= 0.3 is 0 Å². The summed E-state index contributed by atoms with van der Waals surface area (Å²) in [6.45, 7) is 3.93. The van der Waals surface area contributed by atoms with Gasteiger partial charge in [-0.15, -0.1) is 11.8 Å². The minimum atomic E-state index is -0.658.